The molecular formula is C15H21N3. The van der Waals surface area contributed by atoms with Gasteiger partial charge in [-0.1, -0.05) is 37.3 Å². The number of aryl methyl sites for hydroxylation is 2. The number of H-pyrrole nitrogens is 1. The van der Waals surface area contributed by atoms with Gasteiger partial charge in [0.2, 0.25) is 0 Å². The van der Waals surface area contributed by atoms with Crippen LogP contribution in [0.25, 0.3) is 0 Å². The Hall–Kier alpha value is -1.61. The molecule has 3 nitrogen and oxygen atoms in total. The van der Waals surface area contributed by atoms with Gasteiger partial charge in [-0.3, -0.25) is 0 Å². The van der Waals surface area contributed by atoms with Crippen molar-refractivity contribution in [2.24, 2.45) is 0 Å². The summed E-state index contributed by atoms with van der Waals surface area (Å²) in [5.41, 5.74) is 2.53. The zero-order valence-electron chi connectivity index (χ0n) is 10.9. The highest BCUT2D eigenvalue weighted by Crippen LogP contribution is 2.05. The number of hydrogen-bond acceptors (Lipinski definition) is 2. The molecule has 0 atom stereocenters. The first-order valence-corrected chi connectivity index (χ1v) is 6.66. The molecule has 18 heavy (non-hydrogen) atoms. The van der Waals surface area contributed by atoms with Crippen molar-refractivity contribution < 1.29 is 0 Å². The second-order valence-corrected chi connectivity index (χ2v) is 4.52. The minimum Gasteiger partial charge on any atom is -0.345 e. The number of aromatic amines is 1. The van der Waals surface area contributed by atoms with Gasteiger partial charge in [0, 0.05) is 24.9 Å². The third kappa shape index (κ3) is 4.00. The topological polar surface area (TPSA) is 40.7 Å². The summed E-state index contributed by atoms with van der Waals surface area (Å²) in [5.74, 6) is 1.08. The molecule has 2 N–H and O–H groups in total. The van der Waals surface area contributed by atoms with Gasteiger partial charge >= 0.3 is 0 Å². The number of nitrogens with zero attached hydrogens (tertiary/aromatic N) is 1. The summed E-state index contributed by atoms with van der Waals surface area (Å²) in [5, 5.41) is 3.37. The van der Waals surface area contributed by atoms with Gasteiger partial charge in [-0.05, 0) is 24.9 Å². The van der Waals surface area contributed by atoms with Gasteiger partial charge in [-0.15, -0.1) is 0 Å². The highest BCUT2D eigenvalue weighted by molar-refractivity contribution is 5.15. The lowest BCUT2D eigenvalue weighted by atomic mass is 10.1. The number of nitrogens with one attached hydrogen (secondary N) is 2. The number of hydrogen-bond donors (Lipinski definition) is 2. The van der Waals surface area contributed by atoms with Crippen LogP contribution in [0.15, 0.2) is 36.5 Å². The first-order chi connectivity index (χ1) is 8.88. The monoisotopic (exact) mass is 243 g/mol. The summed E-state index contributed by atoms with van der Waals surface area (Å²) >= 11 is 0. The van der Waals surface area contributed by atoms with E-state index in [0.717, 1.165) is 38.2 Å². The maximum atomic E-state index is 4.41. The maximum absolute atomic E-state index is 4.41. The van der Waals surface area contributed by atoms with Gasteiger partial charge in [0.25, 0.3) is 0 Å². The predicted octanol–water partition coefficient (Wildman–Crippen LogP) is 2.69. The number of imidazole rings is 1. The second kappa shape index (κ2) is 6.97. The average molecular weight is 243 g/mol. The van der Waals surface area contributed by atoms with Crippen LogP contribution in [-0.4, -0.2) is 16.5 Å². The molecule has 3 heteroatoms. The molecule has 1 aromatic carbocycles. The summed E-state index contributed by atoms with van der Waals surface area (Å²) in [6, 6.07) is 10.5. The van der Waals surface area contributed by atoms with E-state index in [9.17, 15) is 0 Å². The van der Waals surface area contributed by atoms with Crippen LogP contribution in [0.1, 0.15) is 30.4 Å². The molecule has 2 rings (SSSR count). The van der Waals surface area contributed by atoms with Gasteiger partial charge in [-0.2, -0.15) is 0 Å². The zero-order chi connectivity index (χ0) is 12.6. The number of aromatic nitrogens is 2. The molecule has 1 aromatic heterocycles. The Morgan fingerprint density at radius 2 is 2.00 bits per heavy atom. The van der Waals surface area contributed by atoms with Crippen LogP contribution < -0.4 is 5.32 Å². The van der Waals surface area contributed by atoms with E-state index in [4.69, 9.17) is 0 Å². The summed E-state index contributed by atoms with van der Waals surface area (Å²) in [6.45, 7) is 4.11. The van der Waals surface area contributed by atoms with Crippen molar-refractivity contribution in [2.45, 2.75) is 32.7 Å². The first-order valence-electron chi connectivity index (χ1n) is 6.66. The molecule has 0 aliphatic heterocycles. The van der Waals surface area contributed by atoms with E-state index < -0.39 is 0 Å². The van der Waals surface area contributed by atoms with Crippen LogP contribution in [0.2, 0.25) is 0 Å². The third-order valence-corrected chi connectivity index (χ3v) is 2.92. The van der Waals surface area contributed by atoms with E-state index in [1.807, 2.05) is 12.3 Å². The molecule has 0 saturated carbocycles. The molecule has 0 fully saturated rings. The van der Waals surface area contributed by atoms with E-state index in [1.54, 1.807) is 0 Å². The van der Waals surface area contributed by atoms with Crippen LogP contribution in [-0.2, 0) is 19.4 Å². The minimum atomic E-state index is 0.881. The Balaban J connectivity index is 1.80. The van der Waals surface area contributed by atoms with E-state index in [1.165, 1.54) is 11.3 Å². The van der Waals surface area contributed by atoms with Crippen LogP contribution in [0.5, 0.6) is 0 Å². The summed E-state index contributed by atoms with van der Waals surface area (Å²) in [4.78, 5) is 7.78. The largest absolute Gasteiger partial charge is 0.345 e. The molecule has 96 valence electrons. The SMILES string of the molecule is CCCNCc1cnc(CCc2ccccc2)[nH]1. The zero-order valence-corrected chi connectivity index (χ0v) is 10.9. The van der Waals surface area contributed by atoms with Crippen LogP contribution in [0.4, 0.5) is 0 Å². The number of benzene rings is 1. The van der Waals surface area contributed by atoms with E-state index in [2.05, 4.69) is 46.5 Å². The lowest BCUT2D eigenvalue weighted by Gasteiger charge is -2.00. The molecule has 1 heterocycles. The van der Waals surface area contributed by atoms with Gasteiger partial charge in [0.1, 0.15) is 5.82 Å². The van der Waals surface area contributed by atoms with E-state index in [0.29, 0.717) is 0 Å². The predicted molar refractivity (Wildman–Crippen MR) is 74.4 cm³/mol. The van der Waals surface area contributed by atoms with Gasteiger partial charge in [0.05, 0.1) is 0 Å². The number of rotatable bonds is 7. The van der Waals surface area contributed by atoms with Gasteiger partial charge < -0.3 is 10.3 Å². The van der Waals surface area contributed by atoms with Crippen molar-refractivity contribution in [1.29, 1.82) is 0 Å². The molecule has 0 saturated heterocycles. The fourth-order valence-electron chi connectivity index (χ4n) is 1.93. The first kappa shape index (κ1) is 12.8. The molecular weight excluding hydrogens is 222 g/mol. The molecule has 0 bridgehead atoms. The fourth-order valence-corrected chi connectivity index (χ4v) is 1.93. The van der Waals surface area contributed by atoms with Crippen LogP contribution in [0.3, 0.4) is 0 Å². The van der Waals surface area contributed by atoms with Crippen LogP contribution >= 0.6 is 0 Å². The summed E-state index contributed by atoms with van der Waals surface area (Å²) in [7, 11) is 0. The van der Waals surface area contributed by atoms with Crippen molar-refractivity contribution in [2.75, 3.05) is 6.54 Å². The van der Waals surface area contributed by atoms with Gasteiger partial charge in [0.15, 0.2) is 0 Å². The minimum absolute atomic E-state index is 0.881. The van der Waals surface area contributed by atoms with E-state index >= 15 is 0 Å². The highest BCUT2D eigenvalue weighted by atomic mass is 15.0. The third-order valence-electron chi connectivity index (χ3n) is 2.92. The highest BCUT2D eigenvalue weighted by Gasteiger charge is 2.01. The van der Waals surface area contributed by atoms with Crippen molar-refractivity contribution in [3.8, 4) is 0 Å². The quantitative estimate of drug-likeness (QED) is 0.734. The standard InChI is InChI=1S/C15H21N3/c1-2-10-16-11-14-12-17-15(18-14)9-8-13-6-4-3-5-7-13/h3-7,12,16H,2,8-11H2,1H3,(H,17,18). The lowest BCUT2D eigenvalue weighted by Crippen LogP contribution is -2.13. The maximum Gasteiger partial charge on any atom is 0.106 e. The molecule has 0 aliphatic carbocycles. The van der Waals surface area contributed by atoms with E-state index in [-0.39, 0.29) is 0 Å². The Morgan fingerprint density at radius 1 is 1.17 bits per heavy atom. The Bertz CT molecular complexity index is 448. The van der Waals surface area contributed by atoms with Crippen molar-refractivity contribution in [3.05, 3.63) is 53.6 Å². The second-order valence-electron chi connectivity index (χ2n) is 4.52. The van der Waals surface area contributed by atoms with Gasteiger partial charge in [-0.25, -0.2) is 4.98 Å². The van der Waals surface area contributed by atoms with Crippen LogP contribution in [0, 0.1) is 0 Å². The Labute approximate surface area is 109 Å². The fraction of sp³-hybridized carbons (Fsp3) is 0.400. The summed E-state index contributed by atoms with van der Waals surface area (Å²) in [6.07, 6.45) is 5.10. The van der Waals surface area contributed by atoms with Crippen molar-refractivity contribution >= 4 is 0 Å². The molecule has 0 radical (unpaired) electrons. The molecule has 0 unspecified atom stereocenters. The smallest absolute Gasteiger partial charge is 0.106 e. The Morgan fingerprint density at radius 3 is 2.78 bits per heavy atom. The van der Waals surface area contributed by atoms with Crippen molar-refractivity contribution in [1.82, 2.24) is 15.3 Å². The molecule has 0 spiro atoms. The normalized spacial score (nSPS) is 10.7. The molecule has 0 aliphatic rings. The molecule has 0 amide bonds. The molecule has 2 aromatic rings. The van der Waals surface area contributed by atoms with Crippen molar-refractivity contribution in [3.63, 3.8) is 0 Å². The average Bonchev–Trinajstić information content (AvgIpc) is 2.86. The lowest BCUT2D eigenvalue weighted by molar-refractivity contribution is 0.665. The summed E-state index contributed by atoms with van der Waals surface area (Å²) < 4.78 is 0. The Kier molecular flexibility index (Phi) is 4.97.